The van der Waals surface area contributed by atoms with Crippen molar-refractivity contribution in [3.63, 3.8) is 0 Å². The van der Waals surface area contributed by atoms with E-state index in [0.29, 0.717) is 26.0 Å². The van der Waals surface area contributed by atoms with Gasteiger partial charge in [0, 0.05) is 26.2 Å². The molecule has 26 heavy (non-hydrogen) atoms. The first-order chi connectivity index (χ1) is 12.7. The van der Waals surface area contributed by atoms with Crippen molar-refractivity contribution in [2.45, 2.75) is 63.8 Å². The van der Waals surface area contributed by atoms with Gasteiger partial charge >= 0.3 is 0 Å². The number of rotatable bonds is 6. The number of nitrogens with one attached hydrogen (secondary N) is 2. The van der Waals surface area contributed by atoms with Crippen LogP contribution in [0.5, 0.6) is 0 Å². The monoisotopic (exact) mass is 360 g/mol. The Morgan fingerprint density at radius 3 is 2.62 bits per heavy atom. The fourth-order valence-electron chi connectivity index (χ4n) is 3.29. The lowest BCUT2D eigenvalue weighted by Gasteiger charge is -2.22. The molecule has 6 nitrogen and oxygen atoms in total. The Morgan fingerprint density at radius 2 is 1.85 bits per heavy atom. The maximum Gasteiger partial charge on any atom is 0.242 e. The first-order valence-corrected chi connectivity index (χ1v) is 9.55. The van der Waals surface area contributed by atoms with Crippen molar-refractivity contribution in [3.8, 4) is 0 Å². The zero-order chi connectivity index (χ0) is 18.2. The molecule has 2 aliphatic heterocycles. The lowest BCUT2D eigenvalue weighted by molar-refractivity contribution is -0.128. The van der Waals surface area contributed by atoms with E-state index in [9.17, 15) is 9.59 Å². The Balaban J connectivity index is 1.42. The van der Waals surface area contributed by atoms with Crippen molar-refractivity contribution < 1.29 is 19.1 Å². The van der Waals surface area contributed by atoms with Gasteiger partial charge in [-0.2, -0.15) is 0 Å². The van der Waals surface area contributed by atoms with Gasteiger partial charge in [-0.1, -0.05) is 30.7 Å². The van der Waals surface area contributed by atoms with E-state index < -0.39 is 6.04 Å². The number of carbonyl (C=O) groups excluding carboxylic acids is 2. The minimum Gasteiger partial charge on any atom is -0.381 e. The third-order valence-electron chi connectivity index (χ3n) is 4.94. The van der Waals surface area contributed by atoms with Crippen molar-refractivity contribution >= 4 is 11.8 Å². The van der Waals surface area contributed by atoms with Crippen LogP contribution in [0.1, 0.15) is 49.7 Å². The summed E-state index contributed by atoms with van der Waals surface area (Å²) in [5.41, 5.74) is 2.16. The summed E-state index contributed by atoms with van der Waals surface area (Å²) in [6.07, 6.45) is 5.19. The van der Waals surface area contributed by atoms with Crippen LogP contribution < -0.4 is 10.6 Å². The van der Waals surface area contributed by atoms with Gasteiger partial charge in [-0.05, 0) is 36.8 Å². The number of benzene rings is 1. The van der Waals surface area contributed by atoms with Gasteiger partial charge in [0.1, 0.15) is 6.04 Å². The molecule has 2 aliphatic rings. The van der Waals surface area contributed by atoms with E-state index in [-0.39, 0.29) is 17.9 Å². The molecule has 1 aromatic rings. The van der Waals surface area contributed by atoms with Gasteiger partial charge in [-0.15, -0.1) is 0 Å². The van der Waals surface area contributed by atoms with Crippen molar-refractivity contribution in [2.24, 2.45) is 0 Å². The second-order valence-electron chi connectivity index (χ2n) is 7.02. The average molecular weight is 360 g/mol. The van der Waals surface area contributed by atoms with E-state index in [1.54, 1.807) is 0 Å². The molecular formula is C20H28N2O4. The zero-order valence-corrected chi connectivity index (χ0v) is 15.2. The van der Waals surface area contributed by atoms with Crippen LogP contribution in [0.3, 0.4) is 0 Å². The molecule has 2 saturated heterocycles. The largest absolute Gasteiger partial charge is 0.381 e. The number of hydrogen-bond donors (Lipinski definition) is 2. The third kappa shape index (κ3) is 5.81. The SMILES string of the molecule is O=C1CCCCC(C(=O)NCc2ccc(COC3CCOCC3)cc2)N1. The topological polar surface area (TPSA) is 76.7 Å². The van der Waals surface area contributed by atoms with Crippen molar-refractivity contribution in [1.29, 1.82) is 0 Å². The van der Waals surface area contributed by atoms with E-state index >= 15 is 0 Å². The maximum atomic E-state index is 12.3. The average Bonchev–Trinajstić information content (AvgIpc) is 2.90. The first-order valence-electron chi connectivity index (χ1n) is 9.55. The highest BCUT2D eigenvalue weighted by atomic mass is 16.5. The Morgan fingerprint density at radius 1 is 1.12 bits per heavy atom. The summed E-state index contributed by atoms with van der Waals surface area (Å²) in [6.45, 7) is 2.63. The van der Waals surface area contributed by atoms with Crippen LogP contribution in [-0.4, -0.2) is 37.2 Å². The van der Waals surface area contributed by atoms with Crippen molar-refractivity contribution in [2.75, 3.05) is 13.2 Å². The minimum atomic E-state index is -0.405. The highest BCUT2D eigenvalue weighted by molar-refractivity contribution is 5.87. The molecule has 0 aromatic heterocycles. The van der Waals surface area contributed by atoms with Crippen LogP contribution in [0.15, 0.2) is 24.3 Å². The number of ether oxygens (including phenoxy) is 2. The second kappa shape index (κ2) is 9.69. The highest BCUT2D eigenvalue weighted by Gasteiger charge is 2.22. The minimum absolute atomic E-state index is 0.0310. The fraction of sp³-hybridized carbons (Fsp3) is 0.600. The van der Waals surface area contributed by atoms with Gasteiger partial charge in [-0.25, -0.2) is 0 Å². The standard InChI is InChI=1S/C20H28N2O4/c23-19-4-2-1-3-18(22-19)20(24)21-13-15-5-7-16(8-6-15)14-26-17-9-11-25-12-10-17/h5-8,17-18H,1-4,9-14H2,(H,21,24)(H,22,23). The van der Waals surface area contributed by atoms with E-state index in [2.05, 4.69) is 10.6 Å². The normalized spacial score (nSPS) is 21.7. The second-order valence-corrected chi connectivity index (χ2v) is 7.02. The van der Waals surface area contributed by atoms with E-state index in [4.69, 9.17) is 9.47 Å². The summed E-state index contributed by atoms with van der Waals surface area (Å²) in [6, 6.07) is 7.68. The van der Waals surface area contributed by atoms with Gasteiger partial charge < -0.3 is 20.1 Å². The van der Waals surface area contributed by atoms with Gasteiger partial charge in [-0.3, -0.25) is 9.59 Å². The van der Waals surface area contributed by atoms with Crippen molar-refractivity contribution in [1.82, 2.24) is 10.6 Å². The van der Waals surface area contributed by atoms with Crippen LogP contribution in [0, 0.1) is 0 Å². The number of carbonyl (C=O) groups is 2. The Labute approximate surface area is 154 Å². The van der Waals surface area contributed by atoms with E-state index in [0.717, 1.165) is 50.0 Å². The Kier molecular flexibility index (Phi) is 7.03. The van der Waals surface area contributed by atoms with Gasteiger partial charge in [0.15, 0.2) is 0 Å². The molecule has 0 bridgehead atoms. The zero-order valence-electron chi connectivity index (χ0n) is 15.2. The van der Waals surface area contributed by atoms with E-state index in [1.807, 2.05) is 24.3 Å². The molecule has 142 valence electrons. The third-order valence-corrected chi connectivity index (χ3v) is 4.94. The van der Waals surface area contributed by atoms with Crippen LogP contribution in [0.25, 0.3) is 0 Å². The summed E-state index contributed by atoms with van der Waals surface area (Å²) in [5, 5.41) is 5.72. The summed E-state index contributed by atoms with van der Waals surface area (Å²) in [5.74, 6) is -0.135. The molecule has 2 amide bonds. The molecule has 2 fully saturated rings. The fourth-order valence-corrected chi connectivity index (χ4v) is 3.29. The molecule has 0 radical (unpaired) electrons. The molecule has 0 saturated carbocycles. The predicted octanol–water partition coefficient (Wildman–Crippen LogP) is 2.06. The Hall–Kier alpha value is -1.92. The molecule has 2 N–H and O–H groups in total. The van der Waals surface area contributed by atoms with Crippen LogP contribution in [0.2, 0.25) is 0 Å². The maximum absolute atomic E-state index is 12.3. The first kappa shape index (κ1) is 18.9. The summed E-state index contributed by atoms with van der Waals surface area (Å²) in [4.78, 5) is 23.8. The Bertz CT molecular complexity index is 596. The molecule has 0 aliphatic carbocycles. The van der Waals surface area contributed by atoms with Crippen LogP contribution >= 0.6 is 0 Å². The van der Waals surface area contributed by atoms with E-state index in [1.165, 1.54) is 0 Å². The number of amides is 2. The highest BCUT2D eigenvalue weighted by Crippen LogP contribution is 2.14. The molecule has 1 aromatic carbocycles. The number of hydrogen-bond acceptors (Lipinski definition) is 4. The predicted molar refractivity (Wildman–Crippen MR) is 97.3 cm³/mol. The molecule has 1 atom stereocenters. The molecule has 6 heteroatoms. The smallest absolute Gasteiger partial charge is 0.242 e. The molecule has 0 spiro atoms. The van der Waals surface area contributed by atoms with Crippen molar-refractivity contribution in [3.05, 3.63) is 35.4 Å². The van der Waals surface area contributed by atoms with Gasteiger partial charge in [0.2, 0.25) is 11.8 Å². The van der Waals surface area contributed by atoms with Gasteiger partial charge in [0.25, 0.3) is 0 Å². The quantitative estimate of drug-likeness (QED) is 0.814. The van der Waals surface area contributed by atoms with Crippen LogP contribution in [0.4, 0.5) is 0 Å². The lowest BCUT2D eigenvalue weighted by atomic mass is 10.1. The van der Waals surface area contributed by atoms with Crippen LogP contribution in [-0.2, 0) is 32.2 Å². The van der Waals surface area contributed by atoms with Gasteiger partial charge in [0.05, 0.1) is 12.7 Å². The molecule has 3 rings (SSSR count). The molecule has 1 unspecified atom stereocenters. The molecular weight excluding hydrogens is 332 g/mol. The summed E-state index contributed by atoms with van der Waals surface area (Å²) in [7, 11) is 0. The molecule has 2 heterocycles. The summed E-state index contributed by atoms with van der Waals surface area (Å²) < 4.78 is 11.3. The lowest BCUT2D eigenvalue weighted by Crippen LogP contribution is -2.45. The summed E-state index contributed by atoms with van der Waals surface area (Å²) >= 11 is 0.